The molecular formula is C17H17FN6S. The van der Waals surface area contributed by atoms with Crippen molar-refractivity contribution in [3.8, 4) is 10.7 Å². The van der Waals surface area contributed by atoms with Crippen LogP contribution in [0, 0.1) is 11.7 Å². The number of nitrogens with one attached hydrogen (secondary N) is 1. The number of benzene rings is 1. The molecule has 0 unspecified atom stereocenters. The van der Waals surface area contributed by atoms with E-state index in [1.54, 1.807) is 16.6 Å². The van der Waals surface area contributed by atoms with Crippen molar-refractivity contribution in [1.29, 1.82) is 0 Å². The molecule has 0 atom stereocenters. The van der Waals surface area contributed by atoms with E-state index >= 15 is 0 Å². The quantitative estimate of drug-likeness (QED) is 0.594. The summed E-state index contributed by atoms with van der Waals surface area (Å²) in [4.78, 5) is 0.723. The molecule has 0 aliphatic heterocycles. The Morgan fingerprint density at radius 3 is 2.76 bits per heavy atom. The van der Waals surface area contributed by atoms with Gasteiger partial charge >= 0.3 is 0 Å². The van der Waals surface area contributed by atoms with Crippen LogP contribution in [0.1, 0.15) is 30.9 Å². The molecule has 0 spiro atoms. The zero-order chi connectivity index (χ0) is 17.4. The maximum atomic E-state index is 13.0. The van der Waals surface area contributed by atoms with Gasteiger partial charge in [-0.2, -0.15) is 14.7 Å². The van der Waals surface area contributed by atoms with E-state index in [1.165, 1.54) is 23.5 Å². The smallest absolute Gasteiger partial charge is 0.235 e. The van der Waals surface area contributed by atoms with Crippen molar-refractivity contribution in [2.45, 2.75) is 26.7 Å². The number of hydrogen-bond acceptors (Lipinski definition) is 5. The molecule has 4 rings (SSSR count). The molecule has 3 heterocycles. The van der Waals surface area contributed by atoms with E-state index in [0.29, 0.717) is 12.3 Å². The summed E-state index contributed by atoms with van der Waals surface area (Å²) in [6.45, 7) is 4.34. The van der Waals surface area contributed by atoms with Crippen LogP contribution in [0.4, 0.5) is 4.39 Å². The van der Waals surface area contributed by atoms with Crippen molar-refractivity contribution >= 4 is 16.3 Å². The third-order valence-corrected chi connectivity index (χ3v) is 4.73. The minimum atomic E-state index is -0.248. The van der Waals surface area contributed by atoms with Gasteiger partial charge in [0.15, 0.2) is 10.8 Å². The number of nitrogens with zero attached hydrogens (tertiary/aromatic N) is 5. The average molecular weight is 356 g/mol. The molecule has 0 aliphatic rings. The molecule has 0 aliphatic carbocycles. The van der Waals surface area contributed by atoms with Gasteiger partial charge < -0.3 is 0 Å². The Hall–Kier alpha value is -2.61. The summed E-state index contributed by atoms with van der Waals surface area (Å²) < 4.78 is 14.8. The molecule has 4 aromatic rings. The average Bonchev–Trinajstić information content (AvgIpc) is 3.26. The molecule has 1 aromatic carbocycles. The van der Waals surface area contributed by atoms with Crippen LogP contribution < -0.4 is 0 Å². The van der Waals surface area contributed by atoms with Crippen LogP contribution in [0.5, 0.6) is 0 Å². The summed E-state index contributed by atoms with van der Waals surface area (Å²) >= 11 is 1.45. The van der Waals surface area contributed by atoms with E-state index < -0.39 is 0 Å². The van der Waals surface area contributed by atoms with Crippen molar-refractivity contribution in [1.82, 2.24) is 30.0 Å². The van der Waals surface area contributed by atoms with Gasteiger partial charge in [0.1, 0.15) is 11.5 Å². The predicted molar refractivity (Wildman–Crippen MR) is 94.0 cm³/mol. The maximum absolute atomic E-state index is 13.0. The third kappa shape index (κ3) is 3.30. The molecule has 8 heteroatoms. The number of hydrogen-bond donors (Lipinski definition) is 1. The van der Waals surface area contributed by atoms with E-state index in [1.807, 2.05) is 6.07 Å². The molecule has 0 bridgehead atoms. The lowest BCUT2D eigenvalue weighted by Crippen LogP contribution is -1.98. The van der Waals surface area contributed by atoms with Crippen LogP contribution in [-0.2, 0) is 12.8 Å². The standard InChI is InChI=1S/C17H17FN6S/c1-10(2)7-13-9-14(20-19-13)16-23-24-15(21-22-17(24)25-16)8-11-3-5-12(18)6-4-11/h3-6,9-10H,7-8H2,1-2H3,(H,19,20). The van der Waals surface area contributed by atoms with Gasteiger partial charge in [-0.3, -0.25) is 5.10 Å². The first-order chi connectivity index (χ1) is 12.1. The Kier molecular flexibility index (Phi) is 4.04. The highest BCUT2D eigenvalue weighted by Gasteiger charge is 2.15. The van der Waals surface area contributed by atoms with Crippen molar-refractivity contribution in [3.05, 3.63) is 53.2 Å². The van der Waals surface area contributed by atoms with Gasteiger partial charge in [-0.15, -0.1) is 10.2 Å². The van der Waals surface area contributed by atoms with Gasteiger partial charge in [0.2, 0.25) is 4.96 Å². The van der Waals surface area contributed by atoms with Gasteiger partial charge in [0.05, 0.1) is 0 Å². The normalized spacial score (nSPS) is 11.7. The molecule has 0 amide bonds. The van der Waals surface area contributed by atoms with E-state index in [4.69, 9.17) is 0 Å². The van der Waals surface area contributed by atoms with Crippen molar-refractivity contribution in [2.24, 2.45) is 5.92 Å². The molecular weight excluding hydrogens is 339 g/mol. The molecule has 0 fully saturated rings. The minimum absolute atomic E-state index is 0.248. The fraction of sp³-hybridized carbons (Fsp3) is 0.294. The lowest BCUT2D eigenvalue weighted by atomic mass is 10.1. The Balaban J connectivity index is 1.61. The Morgan fingerprint density at radius 1 is 1.20 bits per heavy atom. The largest absolute Gasteiger partial charge is 0.282 e. The topological polar surface area (TPSA) is 71.8 Å². The number of H-pyrrole nitrogens is 1. The zero-order valence-corrected chi connectivity index (χ0v) is 14.7. The molecule has 25 heavy (non-hydrogen) atoms. The van der Waals surface area contributed by atoms with Crippen molar-refractivity contribution < 1.29 is 4.39 Å². The Labute approximate surface area is 147 Å². The van der Waals surface area contributed by atoms with Crippen LogP contribution >= 0.6 is 11.3 Å². The SMILES string of the molecule is CC(C)Cc1cc(-c2nn3c(Cc4ccc(F)cc4)nnc3s2)n[nH]1. The zero-order valence-electron chi connectivity index (χ0n) is 13.9. The molecule has 0 saturated heterocycles. The molecule has 6 nitrogen and oxygen atoms in total. The van der Waals surface area contributed by atoms with Gasteiger partial charge in [-0.05, 0) is 36.1 Å². The van der Waals surface area contributed by atoms with Crippen LogP contribution in [0.2, 0.25) is 0 Å². The highest BCUT2D eigenvalue weighted by atomic mass is 32.1. The first kappa shape index (κ1) is 15.9. The van der Waals surface area contributed by atoms with Crippen molar-refractivity contribution in [2.75, 3.05) is 0 Å². The monoisotopic (exact) mass is 356 g/mol. The lowest BCUT2D eigenvalue weighted by molar-refractivity contribution is 0.627. The van der Waals surface area contributed by atoms with Crippen LogP contribution in [-0.4, -0.2) is 30.0 Å². The summed E-state index contributed by atoms with van der Waals surface area (Å²) in [5.41, 5.74) is 2.88. The molecule has 3 aromatic heterocycles. The highest BCUT2D eigenvalue weighted by molar-refractivity contribution is 7.19. The highest BCUT2D eigenvalue weighted by Crippen LogP contribution is 2.25. The second kappa shape index (κ2) is 6.36. The Bertz CT molecular complexity index is 998. The van der Waals surface area contributed by atoms with Crippen LogP contribution in [0.25, 0.3) is 15.7 Å². The maximum Gasteiger partial charge on any atom is 0.235 e. The summed E-state index contributed by atoms with van der Waals surface area (Å²) in [5, 5.41) is 21.2. The first-order valence-electron chi connectivity index (χ1n) is 8.08. The number of halogens is 1. The van der Waals surface area contributed by atoms with Gasteiger partial charge in [-0.25, -0.2) is 4.39 Å². The second-order valence-corrected chi connectivity index (χ2v) is 7.35. The molecule has 1 N–H and O–H groups in total. The number of rotatable bonds is 5. The van der Waals surface area contributed by atoms with E-state index in [0.717, 1.165) is 39.2 Å². The van der Waals surface area contributed by atoms with Gasteiger partial charge in [-0.1, -0.05) is 37.3 Å². The van der Waals surface area contributed by atoms with Crippen molar-refractivity contribution in [3.63, 3.8) is 0 Å². The lowest BCUT2D eigenvalue weighted by Gasteiger charge is -1.98. The third-order valence-electron chi connectivity index (χ3n) is 3.81. The molecule has 0 radical (unpaired) electrons. The number of aromatic nitrogens is 6. The Morgan fingerprint density at radius 2 is 2.00 bits per heavy atom. The van der Waals surface area contributed by atoms with E-state index in [-0.39, 0.29) is 5.82 Å². The summed E-state index contributed by atoms with van der Waals surface area (Å²) in [7, 11) is 0. The summed E-state index contributed by atoms with van der Waals surface area (Å²) in [6.07, 6.45) is 1.50. The van der Waals surface area contributed by atoms with E-state index in [2.05, 4.69) is 39.3 Å². The first-order valence-corrected chi connectivity index (χ1v) is 8.90. The predicted octanol–water partition coefficient (Wildman–Crippen LogP) is 3.50. The van der Waals surface area contributed by atoms with E-state index in [9.17, 15) is 4.39 Å². The van der Waals surface area contributed by atoms with Gasteiger partial charge in [0, 0.05) is 12.1 Å². The second-order valence-electron chi connectivity index (χ2n) is 6.40. The number of aromatic amines is 1. The summed E-state index contributed by atoms with van der Waals surface area (Å²) in [5.74, 6) is 1.04. The fourth-order valence-corrected chi connectivity index (χ4v) is 3.49. The van der Waals surface area contributed by atoms with Crippen LogP contribution in [0.15, 0.2) is 30.3 Å². The molecule has 128 valence electrons. The van der Waals surface area contributed by atoms with Crippen LogP contribution in [0.3, 0.4) is 0 Å². The summed E-state index contributed by atoms with van der Waals surface area (Å²) in [6, 6.07) is 8.41. The molecule has 0 saturated carbocycles. The fourth-order valence-electron chi connectivity index (χ4n) is 2.67. The van der Waals surface area contributed by atoms with Gasteiger partial charge in [0.25, 0.3) is 0 Å². The minimum Gasteiger partial charge on any atom is -0.282 e. The number of fused-ring (bicyclic) bond motifs is 1.